The number of fused-ring (bicyclic) bond motifs is 1. The Labute approximate surface area is 122 Å². The number of hydrogen-bond donors (Lipinski definition) is 2. The highest BCUT2D eigenvalue weighted by Gasteiger charge is 2.30. The van der Waals surface area contributed by atoms with Gasteiger partial charge < -0.3 is 15.0 Å². The second kappa shape index (κ2) is 5.60. The van der Waals surface area contributed by atoms with Crippen molar-refractivity contribution in [2.75, 3.05) is 6.54 Å². The monoisotopic (exact) mass is 286 g/mol. The van der Waals surface area contributed by atoms with Crippen LogP contribution < -0.4 is 0 Å². The molecular formula is C16H18N2O3. The summed E-state index contributed by atoms with van der Waals surface area (Å²) in [7, 11) is 0. The summed E-state index contributed by atoms with van der Waals surface area (Å²) in [4.78, 5) is 28.2. The van der Waals surface area contributed by atoms with Gasteiger partial charge in [0.25, 0.3) is 0 Å². The van der Waals surface area contributed by atoms with Crippen LogP contribution in [0.5, 0.6) is 0 Å². The maximum atomic E-state index is 12.5. The van der Waals surface area contributed by atoms with Gasteiger partial charge in [-0.3, -0.25) is 9.59 Å². The lowest BCUT2D eigenvalue weighted by atomic mass is 10.1. The molecule has 2 N–H and O–H groups in total. The van der Waals surface area contributed by atoms with Crippen LogP contribution in [-0.4, -0.2) is 39.5 Å². The molecule has 0 spiro atoms. The van der Waals surface area contributed by atoms with Crippen molar-refractivity contribution < 1.29 is 14.7 Å². The number of hydrogen-bond acceptors (Lipinski definition) is 2. The molecule has 0 radical (unpaired) electrons. The molecule has 1 fully saturated rings. The van der Waals surface area contributed by atoms with Crippen LogP contribution in [0.15, 0.2) is 30.5 Å². The van der Waals surface area contributed by atoms with Crippen molar-refractivity contribution >= 4 is 22.8 Å². The molecule has 110 valence electrons. The number of nitrogens with one attached hydrogen (secondary N) is 1. The topological polar surface area (TPSA) is 73.4 Å². The van der Waals surface area contributed by atoms with E-state index in [4.69, 9.17) is 5.11 Å². The molecule has 1 aromatic carbocycles. The highest BCUT2D eigenvalue weighted by Crippen LogP contribution is 2.23. The Kier molecular flexibility index (Phi) is 3.64. The SMILES string of the molecule is O=C(O)CC1CCCN1C(=O)Cc1c[nH]c2ccccc12. The van der Waals surface area contributed by atoms with Gasteiger partial charge in [0.1, 0.15) is 0 Å². The molecule has 2 aromatic rings. The number of carboxylic acid groups (broad SMARTS) is 1. The summed E-state index contributed by atoms with van der Waals surface area (Å²) in [6.07, 6.45) is 3.90. The summed E-state index contributed by atoms with van der Waals surface area (Å²) in [5.74, 6) is -0.824. The standard InChI is InChI=1S/C16H18N2O3/c19-15(18-7-3-4-12(18)9-16(20)21)8-11-10-17-14-6-2-1-5-13(11)14/h1-2,5-6,10,12,17H,3-4,7-9H2,(H,20,21). The first-order valence-electron chi connectivity index (χ1n) is 7.21. The van der Waals surface area contributed by atoms with E-state index in [-0.39, 0.29) is 18.4 Å². The first-order valence-corrected chi connectivity index (χ1v) is 7.21. The summed E-state index contributed by atoms with van der Waals surface area (Å²) in [6.45, 7) is 0.666. The minimum atomic E-state index is -0.841. The number of likely N-dealkylation sites (tertiary alicyclic amines) is 1. The van der Waals surface area contributed by atoms with Crippen LogP contribution in [-0.2, 0) is 16.0 Å². The van der Waals surface area contributed by atoms with E-state index >= 15 is 0 Å². The molecule has 5 heteroatoms. The van der Waals surface area contributed by atoms with Crippen molar-refractivity contribution in [1.29, 1.82) is 0 Å². The molecule has 0 bridgehead atoms. The number of H-pyrrole nitrogens is 1. The molecule has 1 saturated heterocycles. The van der Waals surface area contributed by atoms with Gasteiger partial charge in [0, 0.05) is 29.7 Å². The number of aliphatic carboxylic acids is 1. The van der Waals surface area contributed by atoms with Crippen LogP contribution >= 0.6 is 0 Å². The van der Waals surface area contributed by atoms with Gasteiger partial charge in [0.05, 0.1) is 12.8 Å². The van der Waals surface area contributed by atoms with Crippen molar-refractivity contribution in [3.63, 3.8) is 0 Å². The first-order chi connectivity index (χ1) is 10.1. The molecule has 0 saturated carbocycles. The van der Waals surface area contributed by atoms with Crippen molar-refractivity contribution in [2.24, 2.45) is 0 Å². The van der Waals surface area contributed by atoms with E-state index in [0.717, 1.165) is 29.3 Å². The Bertz CT molecular complexity index is 677. The lowest BCUT2D eigenvalue weighted by Gasteiger charge is -2.23. The molecule has 0 aliphatic carbocycles. The van der Waals surface area contributed by atoms with E-state index in [0.29, 0.717) is 13.0 Å². The van der Waals surface area contributed by atoms with E-state index in [1.807, 2.05) is 30.5 Å². The van der Waals surface area contributed by atoms with Gasteiger partial charge in [-0.15, -0.1) is 0 Å². The lowest BCUT2D eigenvalue weighted by Crippen LogP contribution is -2.37. The van der Waals surface area contributed by atoms with Crippen molar-refractivity contribution in [3.05, 3.63) is 36.0 Å². The average molecular weight is 286 g/mol. The summed E-state index contributed by atoms with van der Waals surface area (Å²) in [5.41, 5.74) is 1.99. The van der Waals surface area contributed by atoms with E-state index < -0.39 is 5.97 Å². The van der Waals surface area contributed by atoms with E-state index in [1.54, 1.807) is 4.90 Å². The number of carbonyl (C=O) groups is 2. The van der Waals surface area contributed by atoms with Gasteiger partial charge in [-0.2, -0.15) is 0 Å². The summed E-state index contributed by atoms with van der Waals surface area (Å²) < 4.78 is 0. The second-order valence-electron chi connectivity index (χ2n) is 5.52. The molecule has 1 atom stereocenters. The van der Waals surface area contributed by atoms with Crippen LogP contribution in [0.2, 0.25) is 0 Å². The predicted molar refractivity (Wildman–Crippen MR) is 79.0 cm³/mol. The number of carbonyl (C=O) groups excluding carboxylic acids is 1. The van der Waals surface area contributed by atoms with Crippen molar-refractivity contribution in [3.8, 4) is 0 Å². The van der Waals surface area contributed by atoms with E-state index in [1.165, 1.54) is 0 Å². The lowest BCUT2D eigenvalue weighted by molar-refractivity contribution is -0.139. The van der Waals surface area contributed by atoms with Crippen molar-refractivity contribution in [2.45, 2.75) is 31.7 Å². The summed E-state index contributed by atoms with van der Waals surface area (Å²) in [5, 5.41) is 9.98. The number of rotatable bonds is 4. The minimum absolute atomic E-state index is 0.0171. The third-order valence-corrected chi connectivity index (χ3v) is 4.12. The van der Waals surface area contributed by atoms with Gasteiger partial charge >= 0.3 is 5.97 Å². The molecule has 1 unspecified atom stereocenters. The Morgan fingerprint density at radius 3 is 2.95 bits per heavy atom. The third-order valence-electron chi connectivity index (χ3n) is 4.12. The Balaban J connectivity index is 1.75. The molecule has 1 amide bonds. The number of carboxylic acids is 1. The molecule has 2 heterocycles. The number of aromatic amines is 1. The molecule has 1 aliphatic rings. The molecule has 1 aromatic heterocycles. The molecule has 3 rings (SSSR count). The number of amides is 1. The zero-order chi connectivity index (χ0) is 14.8. The minimum Gasteiger partial charge on any atom is -0.481 e. The zero-order valence-electron chi connectivity index (χ0n) is 11.7. The summed E-state index contributed by atoms with van der Waals surface area (Å²) in [6, 6.07) is 7.72. The third kappa shape index (κ3) is 2.77. The van der Waals surface area contributed by atoms with Crippen LogP contribution in [0.25, 0.3) is 10.9 Å². The van der Waals surface area contributed by atoms with E-state index in [9.17, 15) is 9.59 Å². The number of nitrogens with zero attached hydrogens (tertiary/aromatic N) is 1. The largest absolute Gasteiger partial charge is 0.481 e. The number of para-hydroxylation sites is 1. The fourth-order valence-electron chi connectivity index (χ4n) is 3.12. The van der Waals surface area contributed by atoms with Gasteiger partial charge in [0.15, 0.2) is 0 Å². The van der Waals surface area contributed by atoms with Gasteiger partial charge in [0.2, 0.25) is 5.91 Å². The van der Waals surface area contributed by atoms with Crippen molar-refractivity contribution in [1.82, 2.24) is 9.88 Å². The molecule has 5 nitrogen and oxygen atoms in total. The average Bonchev–Trinajstić information content (AvgIpc) is 3.06. The fraction of sp³-hybridized carbons (Fsp3) is 0.375. The van der Waals surface area contributed by atoms with Crippen LogP contribution in [0.1, 0.15) is 24.8 Å². The Morgan fingerprint density at radius 2 is 2.14 bits per heavy atom. The highest BCUT2D eigenvalue weighted by atomic mass is 16.4. The van der Waals surface area contributed by atoms with Crippen LogP contribution in [0, 0.1) is 0 Å². The predicted octanol–water partition coefficient (Wildman–Crippen LogP) is 2.18. The quantitative estimate of drug-likeness (QED) is 0.904. The van der Waals surface area contributed by atoms with Crippen LogP contribution in [0.3, 0.4) is 0 Å². The highest BCUT2D eigenvalue weighted by molar-refractivity contribution is 5.89. The molecule has 21 heavy (non-hydrogen) atoms. The van der Waals surface area contributed by atoms with Gasteiger partial charge in [-0.25, -0.2) is 0 Å². The second-order valence-corrected chi connectivity index (χ2v) is 5.52. The van der Waals surface area contributed by atoms with E-state index in [2.05, 4.69) is 4.98 Å². The number of benzene rings is 1. The fourth-order valence-corrected chi connectivity index (χ4v) is 3.12. The molecular weight excluding hydrogens is 268 g/mol. The van der Waals surface area contributed by atoms with Gasteiger partial charge in [-0.05, 0) is 24.5 Å². The van der Waals surface area contributed by atoms with Crippen LogP contribution in [0.4, 0.5) is 0 Å². The normalized spacial score (nSPS) is 18.3. The number of aromatic nitrogens is 1. The maximum absolute atomic E-state index is 12.5. The summed E-state index contributed by atoms with van der Waals surface area (Å²) >= 11 is 0. The first kappa shape index (κ1) is 13.7. The van der Waals surface area contributed by atoms with Gasteiger partial charge in [-0.1, -0.05) is 18.2 Å². The smallest absolute Gasteiger partial charge is 0.305 e. The Hall–Kier alpha value is -2.30. The maximum Gasteiger partial charge on any atom is 0.305 e. The zero-order valence-corrected chi connectivity index (χ0v) is 11.7. The molecule has 1 aliphatic heterocycles. The Morgan fingerprint density at radius 1 is 1.33 bits per heavy atom.